The van der Waals surface area contributed by atoms with E-state index in [0.29, 0.717) is 13.2 Å². The van der Waals surface area contributed by atoms with Crippen molar-refractivity contribution in [1.82, 2.24) is 9.97 Å². The van der Waals surface area contributed by atoms with E-state index in [1.807, 2.05) is 24.3 Å². The zero-order chi connectivity index (χ0) is 12.2. The Balaban J connectivity index is 2.12. The van der Waals surface area contributed by atoms with Crippen LogP contribution in [-0.4, -0.2) is 23.2 Å². The van der Waals surface area contributed by atoms with E-state index >= 15 is 0 Å². The summed E-state index contributed by atoms with van der Waals surface area (Å²) in [7, 11) is 0. The monoisotopic (exact) mass is 242 g/mol. The highest BCUT2D eigenvalue weighted by Gasteiger charge is 2.15. The van der Waals surface area contributed by atoms with Gasteiger partial charge in [0.25, 0.3) is 0 Å². The molecular weight excluding hydrogens is 228 g/mol. The first-order chi connectivity index (χ1) is 8.95. The number of fused-ring (bicyclic) bond motifs is 3. The molecule has 4 nitrogen and oxygen atoms in total. The Bertz CT molecular complexity index is 493. The summed E-state index contributed by atoms with van der Waals surface area (Å²) in [4.78, 5) is 8.73. The maximum absolute atomic E-state index is 5.76. The van der Waals surface area contributed by atoms with Crippen LogP contribution in [0.15, 0.2) is 36.7 Å². The van der Waals surface area contributed by atoms with Gasteiger partial charge in [-0.05, 0) is 37.1 Å². The van der Waals surface area contributed by atoms with Crippen LogP contribution in [0.3, 0.4) is 0 Å². The Labute approximate surface area is 106 Å². The number of hydrogen-bond donors (Lipinski definition) is 0. The fourth-order valence-corrected chi connectivity index (χ4v) is 1.94. The van der Waals surface area contributed by atoms with Crippen molar-refractivity contribution >= 4 is 0 Å². The van der Waals surface area contributed by atoms with Crippen molar-refractivity contribution in [3.05, 3.63) is 36.7 Å². The van der Waals surface area contributed by atoms with E-state index in [1.165, 1.54) is 0 Å². The molecular formula is C14H14N2O2. The summed E-state index contributed by atoms with van der Waals surface area (Å²) in [6, 6.07) is 7.58. The van der Waals surface area contributed by atoms with E-state index in [2.05, 4.69) is 9.97 Å². The minimum Gasteiger partial charge on any atom is -0.491 e. The van der Waals surface area contributed by atoms with Gasteiger partial charge in [0.1, 0.15) is 22.9 Å². The van der Waals surface area contributed by atoms with Gasteiger partial charge in [-0.3, -0.25) is 9.97 Å². The summed E-state index contributed by atoms with van der Waals surface area (Å²) in [6.45, 7) is 1.37. The maximum atomic E-state index is 5.76. The minimum atomic E-state index is 0.685. The minimum absolute atomic E-state index is 0.685. The zero-order valence-electron chi connectivity index (χ0n) is 10.0. The number of rotatable bonds is 0. The number of hydrogen-bond acceptors (Lipinski definition) is 4. The van der Waals surface area contributed by atoms with E-state index in [4.69, 9.17) is 9.47 Å². The molecule has 92 valence electrons. The lowest BCUT2D eigenvalue weighted by molar-refractivity contribution is 0.262. The van der Waals surface area contributed by atoms with Crippen LogP contribution in [0.4, 0.5) is 0 Å². The van der Waals surface area contributed by atoms with Gasteiger partial charge in [-0.1, -0.05) is 0 Å². The fourth-order valence-electron chi connectivity index (χ4n) is 1.94. The molecule has 0 unspecified atom stereocenters. The summed E-state index contributed by atoms with van der Waals surface area (Å²) in [5, 5.41) is 0. The summed E-state index contributed by atoms with van der Waals surface area (Å²) in [6.07, 6.45) is 5.44. The molecule has 0 aromatic carbocycles. The molecule has 0 amide bonds. The van der Waals surface area contributed by atoms with Crippen LogP contribution in [0.25, 0.3) is 11.4 Å². The second-order valence-electron chi connectivity index (χ2n) is 4.10. The van der Waals surface area contributed by atoms with Crippen molar-refractivity contribution in [2.45, 2.75) is 12.8 Å². The third-order valence-electron chi connectivity index (χ3n) is 2.82. The van der Waals surface area contributed by atoms with Crippen LogP contribution in [0, 0.1) is 0 Å². The van der Waals surface area contributed by atoms with E-state index in [0.717, 1.165) is 35.7 Å². The van der Waals surface area contributed by atoms with Gasteiger partial charge < -0.3 is 9.47 Å². The van der Waals surface area contributed by atoms with Crippen molar-refractivity contribution in [2.75, 3.05) is 13.2 Å². The summed E-state index contributed by atoms with van der Waals surface area (Å²) >= 11 is 0. The highest BCUT2D eigenvalue weighted by molar-refractivity contribution is 5.68. The molecule has 0 spiro atoms. The number of aromatic nitrogens is 2. The van der Waals surface area contributed by atoms with Gasteiger partial charge in [-0.2, -0.15) is 0 Å². The van der Waals surface area contributed by atoms with Gasteiger partial charge in [0, 0.05) is 12.4 Å². The number of ether oxygens (including phenoxy) is 2. The second-order valence-corrected chi connectivity index (χ2v) is 4.10. The fraction of sp³-hybridized carbons (Fsp3) is 0.286. The van der Waals surface area contributed by atoms with Gasteiger partial charge in [0.05, 0.1) is 13.2 Å². The average Bonchev–Trinajstić information content (AvgIpc) is 2.44. The second kappa shape index (κ2) is 5.04. The predicted molar refractivity (Wildman–Crippen MR) is 67.7 cm³/mol. The Morgan fingerprint density at radius 2 is 1.28 bits per heavy atom. The summed E-state index contributed by atoms with van der Waals surface area (Å²) in [5.41, 5.74) is 1.49. The molecule has 3 heterocycles. The SMILES string of the molecule is c1cnc2c(c1)OCCCCOc1cccnc1-2. The van der Waals surface area contributed by atoms with Crippen LogP contribution in [-0.2, 0) is 0 Å². The van der Waals surface area contributed by atoms with Gasteiger partial charge >= 0.3 is 0 Å². The first kappa shape index (κ1) is 11.0. The molecule has 3 rings (SSSR count). The van der Waals surface area contributed by atoms with Crippen molar-refractivity contribution in [3.8, 4) is 22.9 Å². The molecule has 0 fully saturated rings. The topological polar surface area (TPSA) is 44.2 Å². The Kier molecular flexibility index (Phi) is 3.08. The van der Waals surface area contributed by atoms with Crippen LogP contribution >= 0.6 is 0 Å². The lowest BCUT2D eigenvalue weighted by atomic mass is 10.2. The van der Waals surface area contributed by atoms with Crippen LogP contribution in [0.1, 0.15) is 12.8 Å². The zero-order valence-corrected chi connectivity index (χ0v) is 10.0. The van der Waals surface area contributed by atoms with Gasteiger partial charge in [0.2, 0.25) is 0 Å². The van der Waals surface area contributed by atoms with Crippen LogP contribution < -0.4 is 9.47 Å². The van der Waals surface area contributed by atoms with E-state index < -0.39 is 0 Å². The molecule has 2 aromatic rings. The molecule has 0 saturated heterocycles. The molecule has 4 heteroatoms. The van der Waals surface area contributed by atoms with Crippen molar-refractivity contribution in [1.29, 1.82) is 0 Å². The molecule has 2 aromatic heterocycles. The normalized spacial score (nSPS) is 14.7. The smallest absolute Gasteiger partial charge is 0.147 e. The third kappa shape index (κ3) is 2.14. The average molecular weight is 242 g/mol. The quantitative estimate of drug-likeness (QED) is 0.712. The first-order valence-electron chi connectivity index (χ1n) is 6.11. The van der Waals surface area contributed by atoms with Gasteiger partial charge in [-0.15, -0.1) is 0 Å². The molecule has 0 N–H and O–H groups in total. The highest BCUT2D eigenvalue weighted by Crippen LogP contribution is 2.33. The molecule has 0 bridgehead atoms. The van der Waals surface area contributed by atoms with Gasteiger partial charge in [-0.25, -0.2) is 0 Å². The molecule has 1 aliphatic rings. The highest BCUT2D eigenvalue weighted by atomic mass is 16.5. The summed E-state index contributed by atoms with van der Waals surface area (Å²) in [5.74, 6) is 1.53. The van der Waals surface area contributed by atoms with Crippen LogP contribution in [0.2, 0.25) is 0 Å². The van der Waals surface area contributed by atoms with Crippen LogP contribution in [0.5, 0.6) is 11.5 Å². The van der Waals surface area contributed by atoms with E-state index in [-0.39, 0.29) is 0 Å². The molecule has 1 aliphatic heterocycles. The Hall–Kier alpha value is -2.10. The van der Waals surface area contributed by atoms with Crippen molar-refractivity contribution < 1.29 is 9.47 Å². The van der Waals surface area contributed by atoms with E-state index in [9.17, 15) is 0 Å². The van der Waals surface area contributed by atoms with Crippen molar-refractivity contribution in [2.24, 2.45) is 0 Å². The Morgan fingerprint density at radius 1 is 0.778 bits per heavy atom. The molecule has 0 atom stereocenters. The Morgan fingerprint density at radius 3 is 1.78 bits per heavy atom. The standard InChI is InChI=1S/C14H14N2O2/c1-2-10-18-12-6-4-8-16-14(12)13-11(17-9-1)5-3-7-15-13/h3-8H,1-2,9-10H2. The molecule has 0 aliphatic carbocycles. The largest absolute Gasteiger partial charge is 0.491 e. The maximum Gasteiger partial charge on any atom is 0.147 e. The lowest BCUT2D eigenvalue weighted by Gasteiger charge is -2.15. The lowest BCUT2D eigenvalue weighted by Crippen LogP contribution is -2.07. The number of nitrogens with zero attached hydrogens (tertiary/aromatic N) is 2. The molecule has 0 radical (unpaired) electrons. The predicted octanol–water partition coefficient (Wildman–Crippen LogP) is 2.70. The molecule has 0 saturated carbocycles. The number of pyridine rings is 2. The van der Waals surface area contributed by atoms with Gasteiger partial charge in [0.15, 0.2) is 0 Å². The molecule has 18 heavy (non-hydrogen) atoms. The first-order valence-corrected chi connectivity index (χ1v) is 6.11. The van der Waals surface area contributed by atoms with E-state index in [1.54, 1.807) is 12.4 Å². The third-order valence-corrected chi connectivity index (χ3v) is 2.82. The van der Waals surface area contributed by atoms with Crippen molar-refractivity contribution in [3.63, 3.8) is 0 Å². The summed E-state index contributed by atoms with van der Waals surface area (Å²) < 4.78 is 11.5.